The van der Waals surface area contributed by atoms with Gasteiger partial charge >= 0.3 is 12.0 Å². The number of hydrogen-bond donors (Lipinski definition) is 3. The van der Waals surface area contributed by atoms with Crippen molar-refractivity contribution >= 4 is 33.4 Å². The van der Waals surface area contributed by atoms with E-state index in [4.69, 9.17) is 5.11 Å². The number of nitrogens with one attached hydrogen (secondary N) is 2. The van der Waals surface area contributed by atoms with Crippen LogP contribution in [0.4, 0.5) is 4.79 Å². The maximum absolute atomic E-state index is 12.2. The summed E-state index contributed by atoms with van der Waals surface area (Å²) in [6.45, 7) is 1.98. The Morgan fingerprint density at radius 3 is 2.58 bits per heavy atom. The molecule has 0 radical (unpaired) electrons. The fraction of sp³-hybridized carbons (Fsp3) is 0.444. The summed E-state index contributed by atoms with van der Waals surface area (Å²) in [7, 11) is 0. The van der Waals surface area contributed by atoms with Crippen molar-refractivity contribution in [3.63, 3.8) is 0 Å². The summed E-state index contributed by atoms with van der Waals surface area (Å²) in [5.74, 6) is -0.986. The summed E-state index contributed by atoms with van der Waals surface area (Å²) in [5.41, 5.74) is 0. The smallest absolute Gasteiger partial charge is 0.315 e. The third kappa shape index (κ3) is 3.87. The molecular formula is C18H22N2O3S. The highest BCUT2D eigenvalue weighted by molar-refractivity contribution is 7.19. The van der Waals surface area contributed by atoms with Crippen LogP contribution in [-0.2, 0) is 4.79 Å². The Morgan fingerprint density at radius 1 is 1.21 bits per heavy atom. The van der Waals surface area contributed by atoms with Gasteiger partial charge in [-0.3, -0.25) is 4.79 Å². The zero-order valence-electron chi connectivity index (χ0n) is 13.6. The van der Waals surface area contributed by atoms with E-state index in [2.05, 4.69) is 28.8 Å². The molecule has 24 heavy (non-hydrogen) atoms. The van der Waals surface area contributed by atoms with Crippen LogP contribution in [0.15, 0.2) is 30.3 Å². The summed E-state index contributed by atoms with van der Waals surface area (Å²) in [4.78, 5) is 24.3. The second-order valence-electron chi connectivity index (χ2n) is 6.41. The van der Waals surface area contributed by atoms with Crippen LogP contribution < -0.4 is 10.6 Å². The first-order valence-corrected chi connectivity index (χ1v) is 9.13. The predicted octanol–water partition coefficient (Wildman–Crippen LogP) is 3.90. The second-order valence-corrected chi connectivity index (χ2v) is 7.53. The molecule has 0 spiro atoms. The Balaban J connectivity index is 1.52. The third-order valence-electron chi connectivity index (χ3n) is 4.63. The van der Waals surface area contributed by atoms with E-state index >= 15 is 0 Å². The summed E-state index contributed by atoms with van der Waals surface area (Å²) in [6.07, 6.45) is 2.71. The highest BCUT2D eigenvalue weighted by atomic mass is 32.1. The molecule has 0 saturated heterocycles. The van der Waals surface area contributed by atoms with Crippen LogP contribution in [0.1, 0.15) is 43.5 Å². The normalized spacial score (nSPS) is 22.0. The first kappa shape index (κ1) is 16.8. The van der Waals surface area contributed by atoms with E-state index in [1.807, 2.05) is 19.1 Å². The van der Waals surface area contributed by atoms with Gasteiger partial charge in [0.2, 0.25) is 0 Å². The Bertz CT molecular complexity index is 702. The zero-order chi connectivity index (χ0) is 17.1. The monoisotopic (exact) mass is 346 g/mol. The molecule has 128 valence electrons. The molecule has 3 rings (SSSR count). The quantitative estimate of drug-likeness (QED) is 0.785. The average molecular weight is 346 g/mol. The van der Waals surface area contributed by atoms with Crippen LogP contribution in [0, 0.1) is 5.92 Å². The topological polar surface area (TPSA) is 78.4 Å². The van der Waals surface area contributed by atoms with Crippen molar-refractivity contribution in [1.29, 1.82) is 0 Å². The zero-order valence-corrected chi connectivity index (χ0v) is 14.4. The fourth-order valence-corrected chi connectivity index (χ4v) is 4.26. The second kappa shape index (κ2) is 7.21. The van der Waals surface area contributed by atoms with Crippen molar-refractivity contribution in [2.24, 2.45) is 5.92 Å². The van der Waals surface area contributed by atoms with E-state index in [-0.39, 0.29) is 24.0 Å². The van der Waals surface area contributed by atoms with Gasteiger partial charge in [-0.05, 0) is 50.1 Å². The van der Waals surface area contributed by atoms with Crippen molar-refractivity contribution in [1.82, 2.24) is 10.6 Å². The minimum atomic E-state index is -0.726. The van der Waals surface area contributed by atoms with Gasteiger partial charge in [0, 0.05) is 15.6 Å². The number of aliphatic carboxylic acids is 1. The highest BCUT2D eigenvalue weighted by Gasteiger charge is 2.27. The largest absolute Gasteiger partial charge is 0.481 e. The molecule has 1 aromatic carbocycles. The van der Waals surface area contributed by atoms with Gasteiger partial charge in [0.1, 0.15) is 0 Å². The van der Waals surface area contributed by atoms with Crippen LogP contribution in [0.5, 0.6) is 0 Å². The van der Waals surface area contributed by atoms with Gasteiger partial charge in [-0.25, -0.2) is 4.79 Å². The van der Waals surface area contributed by atoms with Crippen LogP contribution in [0.3, 0.4) is 0 Å². The first-order valence-electron chi connectivity index (χ1n) is 8.31. The highest BCUT2D eigenvalue weighted by Crippen LogP contribution is 2.29. The van der Waals surface area contributed by atoms with Gasteiger partial charge in [0.25, 0.3) is 0 Å². The number of rotatable bonds is 4. The SMILES string of the molecule is CC(NC(=O)NC1CCC(C(=O)O)CC1)c1cc2ccccc2s1. The minimum Gasteiger partial charge on any atom is -0.481 e. The van der Waals surface area contributed by atoms with Gasteiger partial charge in [0.15, 0.2) is 0 Å². The van der Waals surface area contributed by atoms with Gasteiger partial charge in [-0.2, -0.15) is 0 Å². The van der Waals surface area contributed by atoms with E-state index in [1.54, 1.807) is 11.3 Å². The van der Waals surface area contributed by atoms with E-state index < -0.39 is 5.97 Å². The molecule has 1 unspecified atom stereocenters. The van der Waals surface area contributed by atoms with E-state index in [1.165, 1.54) is 10.1 Å². The third-order valence-corrected chi connectivity index (χ3v) is 5.93. The number of carboxylic acid groups (broad SMARTS) is 1. The number of fused-ring (bicyclic) bond motifs is 1. The molecule has 1 aliphatic carbocycles. The fourth-order valence-electron chi connectivity index (χ4n) is 3.20. The summed E-state index contributed by atoms with van der Waals surface area (Å²) < 4.78 is 1.22. The molecular weight excluding hydrogens is 324 g/mol. The first-order chi connectivity index (χ1) is 11.5. The number of benzene rings is 1. The summed E-state index contributed by atoms with van der Waals surface area (Å²) in [6, 6.07) is 10.1. The Labute approximate surface area is 145 Å². The van der Waals surface area contributed by atoms with Crippen molar-refractivity contribution in [3.05, 3.63) is 35.2 Å². The molecule has 1 heterocycles. The lowest BCUT2D eigenvalue weighted by molar-refractivity contribution is -0.142. The maximum Gasteiger partial charge on any atom is 0.315 e. The molecule has 1 saturated carbocycles. The maximum atomic E-state index is 12.2. The molecule has 3 N–H and O–H groups in total. The Morgan fingerprint density at radius 2 is 1.92 bits per heavy atom. The molecule has 1 atom stereocenters. The van der Waals surface area contributed by atoms with E-state index in [0.717, 1.165) is 17.7 Å². The molecule has 1 aromatic heterocycles. The lowest BCUT2D eigenvalue weighted by Crippen LogP contribution is -2.44. The molecule has 1 aliphatic rings. The summed E-state index contributed by atoms with van der Waals surface area (Å²) >= 11 is 1.69. The molecule has 0 bridgehead atoms. The number of hydrogen-bond acceptors (Lipinski definition) is 3. The lowest BCUT2D eigenvalue weighted by atomic mass is 9.86. The predicted molar refractivity (Wildman–Crippen MR) is 95.3 cm³/mol. The minimum absolute atomic E-state index is 0.0576. The number of carbonyl (C=O) groups excluding carboxylic acids is 1. The number of amides is 2. The number of carbonyl (C=O) groups is 2. The Kier molecular flexibility index (Phi) is 5.04. The number of carboxylic acids is 1. The molecule has 5 nitrogen and oxygen atoms in total. The lowest BCUT2D eigenvalue weighted by Gasteiger charge is -2.27. The molecule has 6 heteroatoms. The van der Waals surface area contributed by atoms with E-state index in [9.17, 15) is 9.59 Å². The van der Waals surface area contributed by atoms with Crippen molar-refractivity contribution in [2.45, 2.75) is 44.7 Å². The van der Waals surface area contributed by atoms with Crippen molar-refractivity contribution < 1.29 is 14.7 Å². The van der Waals surface area contributed by atoms with Crippen molar-refractivity contribution in [2.75, 3.05) is 0 Å². The van der Waals surface area contributed by atoms with Crippen LogP contribution in [0.2, 0.25) is 0 Å². The van der Waals surface area contributed by atoms with Gasteiger partial charge in [-0.15, -0.1) is 11.3 Å². The molecule has 1 fully saturated rings. The van der Waals surface area contributed by atoms with Gasteiger partial charge < -0.3 is 15.7 Å². The standard InChI is InChI=1S/C18H22N2O3S/c1-11(16-10-13-4-2-3-5-15(13)24-16)19-18(23)20-14-8-6-12(7-9-14)17(21)22/h2-5,10-12,14H,6-9H2,1H3,(H,21,22)(H2,19,20,23). The van der Waals surface area contributed by atoms with Gasteiger partial charge in [0.05, 0.1) is 12.0 Å². The van der Waals surface area contributed by atoms with Gasteiger partial charge in [-0.1, -0.05) is 18.2 Å². The van der Waals surface area contributed by atoms with Crippen LogP contribution >= 0.6 is 11.3 Å². The Hall–Kier alpha value is -2.08. The van der Waals surface area contributed by atoms with Crippen LogP contribution in [-0.4, -0.2) is 23.1 Å². The molecule has 2 aromatic rings. The molecule has 0 aliphatic heterocycles. The molecule has 2 amide bonds. The van der Waals surface area contributed by atoms with E-state index in [0.29, 0.717) is 12.8 Å². The average Bonchev–Trinajstić information content (AvgIpc) is 2.99. The number of urea groups is 1. The number of thiophene rings is 1. The van der Waals surface area contributed by atoms with Crippen LogP contribution in [0.25, 0.3) is 10.1 Å². The van der Waals surface area contributed by atoms with Crippen molar-refractivity contribution in [3.8, 4) is 0 Å². The summed E-state index contributed by atoms with van der Waals surface area (Å²) in [5, 5.41) is 16.2.